The van der Waals surface area contributed by atoms with Gasteiger partial charge in [-0.05, 0) is 30.7 Å². The van der Waals surface area contributed by atoms with Gasteiger partial charge in [-0.15, -0.1) is 0 Å². The molecule has 0 saturated carbocycles. The Balaban J connectivity index is 1.82. The number of hydrogen-bond acceptors (Lipinski definition) is 3. The second-order valence-electron chi connectivity index (χ2n) is 5.24. The van der Waals surface area contributed by atoms with E-state index in [4.69, 9.17) is 0 Å². The summed E-state index contributed by atoms with van der Waals surface area (Å²) in [5.41, 5.74) is 0. The Hall–Kier alpha value is -1.47. The number of sulfonamides is 1. The van der Waals surface area contributed by atoms with Gasteiger partial charge in [-0.2, -0.15) is 4.31 Å². The largest absolute Gasteiger partial charge is 0.353 e. The van der Waals surface area contributed by atoms with Crippen LogP contribution in [0.2, 0.25) is 0 Å². The van der Waals surface area contributed by atoms with Crippen molar-refractivity contribution in [3.63, 3.8) is 0 Å². The van der Waals surface area contributed by atoms with Crippen molar-refractivity contribution in [1.29, 1.82) is 0 Å². The summed E-state index contributed by atoms with van der Waals surface area (Å²) in [7, 11) is -3.61. The molecule has 1 aromatic rings. The maximum atomic E-state index is 12.9. The summed E-state index contributed by atoms with van der Waals surface area (Å²) in [4.78, 5) is 11.4. The van der Waals surface area contributed by atoms with Crippen molar-refractivity contribution in [2.75, 3.05) is 13.1 Å². The third-order valence-electron chi connectivity index (χ3n) is 3.94. The zero-order chi connectivity index (χ0) is 14.3. The average molecular weight is 298 g/mol. The molecule has 2 saturated heterocycles. The van der Waals surface area contributed by atoms with Crippen LogP contribution in [0.5, 0.6) is 0 Å². The standard InChI is InChI=1S/C13H15FN2O3S/c14-10-1-3-11(4-2-10)20(18,19)16-6-5-12-9(8-16)7-13(17)15-12/h1-4,9,12H,5-8H2,(H,15,17)/t9-,12+/m1/s1. The van der Waals surface area contributed by atoms with E-state index in [2.05, 4.69) is 5.32 Å². The first kappa shape index (κ1) is 13.5. The van der Waals surface area contributed by atoms with Crippen LogP contribution in [0.4, 0.5) is 4.39 Å². The van der Waals surface area contributed by atoms with Crippen LogP contribution >= 0.6 is 0 Å². The van der Waals surface area contributed by atoms with Gasteiger partial charge in [-0.3, -0.25) is 4.79 Å². The zero-order valence-corrected chi connectivity index (χ0v) is 11.6. The number of nitrogens with one attached hydrogen (secondary N) is 1. The van der Waals surface area contributed by atoms with E-state index in [1.54, 1.807) is 0 Å². The molecule has 2 aliphatic heterocycles. The Morgan fingerprint density at radius 1 is 1.25 bits per heavy atom. The Labute approximate surface area is 116 Å². The summed E-state index contributed by atoms with van der Waals surface area (Å²) >= 11 is 0. The SMILES string of the molecule is O=C1C[C@@H]2CN(S(=O)(=O)c3ccc(F)cc3)CC[C@@H]2N1. The number of carbonyl (C=O) groups is 1. The average Bonchev–Trinajstić information content (AvgIpc) is 2.78. The lowest BCUT2D eigenvalue weighted by atomic mass is 9.95. The number of fused-ring (bicyclic) bond motifs is 1. The van der Waals surface area contributed by atoms with Crippen LogP contribution in [0, 0.1) is 11.7 Å². The van der Waals surface area contributed by atoms with Crippen LogP contribution in [0.3, 0.4) is 0 Å². The molecule has 0 aromatic heterocycles. The quantitative estimate of drug-likeness (QED) is 0.875. The van der Waals surface area contributed by atoms with Crippen LogP contribution < -0.4 is 5.32 Å². The highest BCUT2D eigenvalue weighted by atomic mass is 32.2. The molecule has 2 fully saturated rings. The van der Waals surface area contributed by atoms with Crippen LogP contribution in [-0.2, 0) is 14.8 Å². The number of piperidine rings is 1. The van der Waals surface area contributed by atoms with Crippen molar-refractivity contribution in [2.24, 2.45) is 5.92 Å². The van der Waals surface area contributed by atoms with Crippen molar-refractivity contribution in [2.45, 2.75) is 23.8 Å². The summed E-state index contributed by atoms with van der Waals surface area (Å²) in [6.07, 6.45) is 0.997. The molecular weight excluding hydrogens is 283 g/mol. The van der Waals surface area contributed by atoms with Crippen molar-refractivity contribution < 1.29 is 17.6 Å². The number of carbonyl (C=O) groups excluding carboxylic acids is 1. The second-order valence-corrected chi connectivity index (χ2v) is 7.18. The fourth-order valence-corrected chi connectivity index (χ4v) is 4.39. The normalized spacial score (nSPS) is 27.1. The highest BCUT2D eigenvalue weighted by Gasteiger charge is 2.40. The molecule has 1 aromatic carbocycles. The van der Waals surface area contributed by atoms with E-state index >= 15 is 0 Å². The molecule has 0 spiro atoms. The van der Waals surface area contributed by atoms with Crippen molar-refractivity contribution in [3.8, 4) is 0 Å². The first-order valence-corrected chi connectivity index (χ1v) is 7.96. The van der Waals surface area contributed by atoms with Gasteiger partial charge in [0.05, 0.1) is 4.90 Å². The number of benzene rings is 1. The maximum Gasteiger partial charge on any atom is 0.243 e. The molecule has 0 aliphatic carbocycles. The van der Waals surface area contributed by atoms with E-state index < -0.39 is 15.8 Å². The molecule has 0 bridgehead atoms. The topological polar surface area (TPSA) is 66.5 Å². The van der Waals surface area contributed by atoms with Gasteiger partial charge in [-0.25, -0.2) is 12.8 Å². The Kier molecular flexibility index (Phi) is 3.25. The van der Waals surface area contributed by atoms with Crippen molar-refractivity contribution >= 4 is 15.9 Å². The number of amides is 1. The molecule has 2 heterocycles. The molecule has 0 radical (unpaired) electrons. The molecule has 2 atom stereocenters. The molecule has 0 unspecified atom stereocenters. The van der Waals surface area contributed by atoms with Gasteiger partial charge >= 0.3 is 0 Å². The van der Waals surface area contributed by atoms with E-state index in [1.165, 1.54) is 16.4 Å². The molecule has 1 amide bonds. The van der Waals surface area contributed by atoms with Crippen LogP contribution in [0.25, 0.3) is 0 Å². The molecular formula is C13H15FN2O3S. The molecule has 5 nitrogen and oxygen atoms in total. The van der Waals surface area contributed by atoms with Crippen LogP contribution in [0.1, 0.15) is 12.8 Å². The minimum absolute atomic E-state index is 0.0129. The smallest absolute Gasteiger partial charge is 0.243 e. The zero-order valence-electron chi connectivity index (χ0n) is 10.8. The van der Waals surface area contributed by atoms with E-state index in [9.17, 15) is 17.6 Å². The highest BCUT2D eigenvalue weighted by Crippen LogP contribution is 2.29. The fourth-order valence-electron chi connectivity index (χ4n) is 2.87. The number of nitrogens with zero attached hydrogens (tertiary/aromatic N) is 1. The molecule has 20 heavy (non-hydrogen) atoms. The van der Waals surface area contributed by atoms with Crippen LogP contribution in [0.15, 0.2) is 29.2 Å². The Morgan fingerprint density at radius 2 is 1.95 bits per heavy atom. The summed E-state index contributed by atoms with van der Waals surface area (Å²) in [6.45, 7) is 0.713. The predicted octanol–water partition coefficient (Wildman–Crippen LogP) is 0.725. The second kappa shape index (κ2) is 4.82. The van der Waals surface area contributed by atoms with Gasteiger partial charge in [0.1, 0.15) is 5.82 Å². The summed E-state index contributed by atoms with van der Waals surface area (Å²) in [6, 6.07) is 4.91. The number of rotatable bonds is 2. The van der Waals surface area contributed by atoms with E-state index in [0.717, 1.165) is 12.1 Å². The lowest BCUT2D eigenvalue weighted by Gasteiger charge is -2.33. The predicted molar refractivity (Wildman–Crippen MR) is 69.8 cm³/mol. The molecule has 1 N–H and O–H groups in total. The maximum absolute atomic E-state index is 12.9. The van der Waals surface area contributed by atoms with Gasteiger partial charge in [0, 0.05) is 31.5 Å². The van der Waals surface area contributed by atoms with E-state index in [-0.39, 0.29) is 22.8 Å². The number of hydrogen-bond donors (Lipinski definition) is 1. The first-order valence-electron chi connectivity index (χ1n) is 6.52. The molecule has 7 heteroatoms. The first-order chi connectivity index (χ1) is 9.46. The lowest BCUT2D eigenvalue weighted by molar-refractivity contribution is -0.119. The molecule has 3 rings (SSSR count). The molecule has 108 valence electrons. The minimum Gasteiger partial charge on any atom is -0.353 e. The van der Waals surface area contributed by atoms with E-state index in [0.29, 0.717) is 25.9 Å². The van der Waals surface area contributed by atoms with Gasteiger partial charge in [-0.1, -0.05) is 0 Å². The summed E-state index contributed by atoms with van der Waals surface area (Å²) < 4.78 is 39.2. The van der Waals surface area contributed by atoms with Crippen LogP contribution in [-0.4, -0.2) is 37.8 Å². The molecule has 2 aliphatic rings. The van der Waals surface area contributed by atoms with Gasteiger partial charge < -0.3 is 5.32 Å². The van der Waals surface area contributed by atoms with Gasteiger partial charge in [0.25, 0.3) is 0 Å². The number of halogens is 1. The third kappa shape index (κ3) is 2.31. The highest BCUT2D eigenvalue weighted by molar-refractivity contribution is 7.89. The van der Waals surface area contributed by atoms with Gasteiger partial charge in [0.15, 0.2) is 0 Å². The Bertz CT molecular complexity index is 630. The fraction of sp³-hybridized carbons (Fsp3) is 0.462. The van der Waals surface area contributed by atoms with Gasteiger partial charge in [0.2, 0.25) is 15.9 Å². The Morgan fingerprint density at radius 3 is 2.65 bits per heavy atom. The summed E-state index contributed by atoms with van der Waals surface area (Å²) in [5, 5.41) is 2.87. The van der Waals surface area contributed by atoms with Crippen molar-refractivity contribution in [1.82, 2.24) is 9.62 Å². The summed E-state index contributed by atoms with van der Waals surface area (Å²) in [5.74, 6) is -0.444. The third-order valence-corrected chi connectivity index (χ3v) is 5.82. The van der Waals surface area contributed by atoms with E-state index in [1.807, 2.05) is 0 Å². The van der Waals surface area contributed by atoms with Crippen molar-refractivity contribution in [3.05, 3.63) is 30.1 Å². The minimum atomic E-state index is -3.61. The lowest BCUT2D eigenvalue weighted by Crippen LogP contribution is -2.46. The monoisotopic (exact) mass is 298 g/mol.